The Bertz CT molecular complexity index is 369. The van der Waals surface area contributed by atoms with E-state index in [0.29, 0.717) is 19.1 Å². The summed E-state index contributed by atoms with van der Waals surface area (Å²) in [6.07, 6.45) is 10.3. The van der Waals surface area contributed by atoms with E-state index in [1.165, 1.54) is 38.5 Å². The van der Waals surface area contributed by atoms with Gasteiger partial charge < -0.3 is 16.0 Å². The number of carbonyl (C=O) groups is 1. The molecule has 5 aliphatic carbocycles. The van der Waals surface area contributed by atoms with Gasteiger partial charge in [0.2, 0.25) is 0 Å². The van der Waals surface area contributed by atoms with E-state index >= 15 is 0 Å². The van der Waals surface area contributed by atoms with Gasteiger partial charge in [0.1, 0.15) is 0 Å². The third kappa shape index (κ3) is 2.22. The van der Waals surface area contributed by atoms with Gasteiger partial charge in [-0.05, 0) is 69.1 Å². The number of urea groups is 1. The van der Waals surface area contributed by atoms with Crippen LogP contribution in [-0.4, -0.2) is 35.6 Å². The van der Waals surface area contributed by atoms with Crippen LogP contribution in [0, 0.1) is 17.8 Å². The van der Waals surface area contributed by atoms with E-state index in [-0.39, 0.29) is 11.6 Å². The third-order valence-electron chi connectivity index (χ3n) is 6.03. The summed E-state index contributed by atoms with van der Waals surface area (Å²) < 4.78 is 0. The van der Waals surface area contributed by atoms with Gasteiger partial charge in [-0.2, -0.15) is 0 Å². The summed E-state index contributed by atoms with van der Waals surface area (Å²) in [4.78, 5) is 14.7. The predicted molar refractivity (Wildman–Crippen MR) is 78.2 cm³/mol. The number of nitrogens with zero attached hydrogens (tertiary/aromatic N) is 1. The number of carbonyl (C=O) groups excluding carboxylic acids is 1. The van der Waals surface area contributed by atoms with Crippen LogP contribution in [-0.2, 0) is 0 Å². The van der Waals surface area contributed by atoms with Crippen molar-refractivity contribution in [3.63, 3.8) is 0 Å². The SMILES string of the molecule is NCCN(C(=O)NC12CC3CC(CC(C3)C1)C2)C1CC1. The fourth-order valence-corrected chi connectivity index (χ4v) is 5.54. The van der Waals surface area contributed by atoms with E-state index in [9.17, 15) is 4.79 Å². The summed E-state index contributed by atoms with van der Waals surface area (Å²) in [6.45, 7) is 1.29. The molecular weight excluding hydrogens is 250 g/mol. The van der Waals surface area contributed by atoms with Gasteiger partial charge in [0.05, 0.1) is 0 Å². The zero-order chi connectivity index (χ0) is 13.7. The molecule has 5 rings (SSSR count). The molecule has 4 bridgehead atoms. The number of amides is 2. The summed E-state index contributed by atoms with van der Waals surface area (Å²) in [5.41, 5.74) is 5.80. The first kappa shape index (κ1) is 12.9. The minimum Gasteiger partial charge on any atom is -0.333 e. The molecule has 3 N–H and O–H groups in total. The summed E-state index contributed by atoms with van der Waals surface area (Å²) in [7, 11) is 0. The minimum absolute atomic E-state index is 0.133. The van der Waals surface area contributed by atoms with Gasteiger partial charge in [-0.25, -0.2) is 4.79 Å². The molecule has 0 heterocycles. The Morgan fingerprint density at radius 1 is 1.10 bits per heavy atom. The summed E-state index contributed by atoms with van der Waals surface area (Å²) in [5, 5.41) is 3.46. The molecule has 5 saturated carbocycles. The Balaban J connectivity index is 1.46. The van der Waals surface area contributed by atoms with Crippen molar-refractivity contribution in [2.75, 3.05) is 13.1 Å². The van der Waals surface area contributed by atoms with Crippen LogP contribution in [0.2, 0.25) is 0 Å². The maximum absolute atomic E-state index is 12.7. The molecule has 4 heteroatoms. The number of rotatable bonds is 4. The first-order chi connectivity index (χ1) is 9.67. The van der Waals surface area contributed by atoms with E-state index in [0.717, 1.165) is 30.6 Å². The molecular formula is C16H27N3O. The van der Waals surface area contributed by atoms with Crippen molar-refractivity contribution in [3.05, 3.63) is 0 Å². The monoisotopic (exact) mass is 277 g/mol. The van der Waals surface area contributed by atoms with Gasteiger partial charge in [-0.15, -0.1) is 0 Å². The second kappa shape index (κ2) is 4.62. The maximum atomic E-state index is 12.7. The van der Waals surface area contributed by atoms with Crippen LogP contribution in [0.5, 0.6) is 0 Å². The van der Waals surface area contributed by atoms with Crippen molar-refractivity contribution in [2.24, 2.45) is 23.5 Å². The van der Waals surface area contributed by atoms with Crippen molar-refractivity contribution >= 4 is 6.03 Å². The van der Waals surface area contributed by atoms with Crippen molar-refractivity contribution in [2.45, 2.75) is 62.9 Å². The normalized spacial score (nSPS) is 41.8. The Kier molecular flexibility index (Phi) is 2.99. The molecule has 5 aliphatic rings. The van der Waals surface area contributed by atoms with E-state index < -0.39 is 0 Å². The first-order valence-electron chi connectivity index (χ1n) is 8.46. The van der Waals surface area contributed by atoms with Crippen molar-refractivity contribution in [1.29, 1.82) is 0 Å². The van der Waals surface area contributed by atoms with Crippen LogP contribution in [0.3, 0.4) is 0 Å². The highest BCUT2D eigenvalue weighted by atomic mass is 16.2. The average Bonchev–Trinajstić information content (AvgIpc) is 3.17. The molecule has 20 heavy (non-hydrogen) atoms. The zero-order valence-electron chi connectivity index (χ0n) is 12.3. The Hall–Kier alpha value is -0.770. The molecule has 0 unspecified atom stereocenters. The van der Waals surface area contributed by atoms with Gasteiger partial charge in [-0.3, -0.25) is 0 Å². The van der Waals surface area contributed by atoms with Crippen molar-refractivity contribution in [3.8, 4) is 0 Å². The van der Waals surface area contributed by atoms with Crippen LogP contribution in [0.25, 0.3) is 0 Å². The highest BCUT2D eigenvalue weighted by Crippen LogP contribution is 2.55. The summed E-state index contributed by atoms with van der Waals surface area (Å²) in [6, 6.07) is 0.632. The Morgan fingerprint density at radius 3 is 2.10 bits per heavy atom. The first-order valence-corrected chi connectivity index (χ1v) is 8.46. The minimum atomic E-state index is 0.133. The molecule has 5 fully saturated rings. The quantitative estimate of drug-likeness (QED) is 0.826. The topological polar surface area (TPSA) is 58.4 Å². The lowest BCUT2D eigenvalue weighted by molar-refractivity contribution is -0.0157. The Morgan fingerprint density at radius 2 is 1.65 bits per heavy atom. The van der Waals surface area contributed by atoms with Crippen LogP contribution < -0.4 is 11.1 Å². The number of nitrogens with one attached hydrogen (secondary N) is 1. The van der Waals surface area contributed by atoms with E-state index in [1.54, 1.807) is 0 Å². The van der Waals surface area contributed by atoms with Gasteiger partial charge >= 0.3 is 6.03 Å². The van der Waals surface area contributed by atoms with Crippen molar-refractivity contribution in [1.82, 2.24) is 10.2 Å². The second-order valence-electron chi connectivity index (χ2n) is 7.84. The van der Waals surface area contributed by atoms with Crippen LogP contribution in [0.1, 0.15) is 51.4 Å². The lowest BCUT2D eigenvalue weighted by atomic mass is 9.53. The molecule has 0 spiro atoms. The van der Waals surface area contributed by atoms with Crippen LogP contribution in [0.4, 0.5) is 4.79 Å². The molecule has 0 aromatic carbocycles. The fraction of sp³-hybridized carbons (Fsp3) is 0.938. The lowest BCUT2D eigenvalue weighted by Crippen LogP contribution is -2.62. The maximum Gasteiger partial charge on any atom is 0.318 e. The van der Waals surface area contributed by atoms with Gasteiger partial charge in [0.25, 0.3) is 0 Å². The lowest BCUT2D eigenvalue weighted by Gasteiger charge is -2.57. The number of hydrogen-bond donors (Lipinski definition) is 2. The smallest absolute Gasteiger partial charge is 0.318 e. The molecule has 0 aromatic heterocycles. The van der Waals surface area contributed by atoms with E-state index in [4.69, 9.17) is 5.73 Å². The predicted octanol–water partition coefficient (Wildman–Crippen LogP) is 2.09. The summed E-state index contributed by atoms with van der Waals surface area (Å²) in [5.74, 6) is 2.64. The number of nitrogens with two attached hydrogens (primary N) is 1. The molecule has 0 aliphatic heterocycles. The molecule has 4 nitrogen and oxygen atoms in total. The van der Waals surface area contributed by atoms with Crippen molar-refractivity contribution < 1.29 is 4.79 Å². The van der Waals surface area contributed by atoms with Crippen LogP contribution in [0.15, 0.2) is 0 Å². The van der Waals surface area contributed by atoms with Gasteiger partial charge in [0, 0.05) is 24.7 Å². The molecule has 112 valence electrons. The second-order valence-corrected chi connectivity index (χ2v) is 7.84. The average molecular weight is 277 g/mol. The largest absolute Gasteiger partial charge is 0.333 e. The van der Waals surface area contributed by atoms with Gasteiger partial charge in [0.15, 0.2) is 0 Å². The highest BCUT2D eigenvalue weighted by Gasteiger charge is 2.52. The standard InChI is InChI=1S/C16H27N3O/c17-3-4-19(14-1-2-14)15(20)18-16-8-11-5-12(9-16)7-13(6-11)10-16/h11-14H,1-10,17H2,(H,18,20). The zero-order valence-corrected chi connectivity index (χ0v) is 12.3. The number of hydrogen-bond acceptors (Lipinski definition) is 2. The molecule has 0 aromatic rings. The fourth-order valence-electron chi connectivity index (χ4n) is 5.54. The van der Waals surface area contributed by atoms with Gasteiger partial charge in [-0.1, -0.05) is 0 Å². The molecule has 0 saturated heterocycles. The summed E-state index contributed by atoms with van der Waals surface area (Å²) >= 11 is 0. The van der Waals surface area contributed by atoms with E-state index in [2.05, 4.69) is 5.32 Å². The molecule has 2 amide bonds. The Labute approximate surface area is 121 Å². The highest BCUT2D eigenvalue weighted by molar-refractivity contribution is 5.76. The van der Waals surface area contributed by atoms with E-state index in [1.807, 2.05) is 4.90 Å². The van der Waals surface area contributed by atoms with Crippen LogP contribution >= 0.6 is 0 Å². The third-order valence-corrected chi connectivity index (χ3v) is 6.03. The molecule has 0 atom stereocenters. The molecule has 0 radical (unpaired) electrons.